The zero-order valence-electron chi connectivity index (χ0n) is 14.7. The second-order valence-corrected chi connectivity index (χ2v) is 10.3. The minimum absolute atomic E-state index is 0.101. The van der Waals surface area contributed by atoms with Crippen LogP contribution in [0.2, 0.25) is 0 Å². The van der Waals surface area contributed by atoms with Crippen LogP contribution in [-0.4, -0.2) is 25.0 Å². The number of nitrogens with one attached hydrogen (secondary N) is 1. The molecule has 6 rings (SSSR count). The van der Waals surface area contributed by atoms with Crippen LogP contribution in [0.3, 0.4) is 0 Å². The van der Waals surface area contributed by atoms with E-state index in [1.54, 1.807) is 17.1 Å². The average Bonchev–Trinajstić information content (AvgIpc) is 3.06. The van der Waals surface area contributed by atoms with E-state index in [1.165, 1.54) is 32.1 Å². The maximum absolute atomic E-state index is 12.9. The molecule has 0 radical (unpaired) electrons. The van der Waals surface area contributed by atoms with Gasteiger partial charge in [-0.15, -0.1) is 0 Å². The number of nitrogens with zero attached hydrogens (tertiary/aromatic N) is 3. The van der Waals surface area contributed by atoms with E-state index in [9.17, 15) is 4.79 Å². The van der Waals surface area contributed by atoms with Crippen molar-refractivity contribution in [3.8, 4) is 5.82 Å². The summed E-state index contributed by atoms with van der Waals surface area (Å²) in [5.74, 6) is 2.35. The summed E-state index contributed by atoms with van der Waals surface area (Å²) in [6, 6.07) is 5.60. The molecule has 0 aromatic carbocycles. The van der Waals surface area contributed by atoms with Crippen LogP contribution < -0.4 is 5.32 Å². The fourth-order valence-electron chi connectivity index (χ4n) is 6.15. The van der Waals surface area contributed by atoms with Crippen LogP contribution >= 0.6 is 15.9 Å². The second-order valence-electron chi connectivity index (χ2n) is 8.66. The van der Waals surface area contributed by atoms with Gasteiger partial charge >= 0.3 is 0 Å². The van der Waals surface area contributed by atoms with Crippen molar-refractivity contribution >= 4 is 27.5 Å². The first-order chi connectivity index (χ1) is 12.5. The number of alkyl halides is 1. The van der Waals surface area contributed by atoms with Gasteiger partial charge in [-0.2, -0.15) is 5.10 Å². The molecule has 26 heavy (non-hydrogen) atoms. The third kappa shape index (κ3) is 2.88. The normalized spacial score (nSPS) is 34.8. The third-order valence-electron chi connectivity index (χ3n) is 6.43. The molecule has 0 saturated heterocycles. The first kappa shape index (κ1) is 16.5. The van der Waals surface area contributed by atoms with Crippen molar-refractivity contribution in [2.45, 2.75) is 49.3 Å². The Morgan fingerprint density at radius 2 is 2.04 bits per heavy atom. The van der Waals surface area contributed by atoms with Crippen LogP contribution in [0, 0.1) is 17.3 Å². The van der Waals surface area contributed by atoms with Gasteiger partial charge in [-0.05, 0) is 74.0 Å². The van der Waals surface area contributed by atoms with Gasteiger partial charge in [-0.3, -0.25) is 4.79 Å². The lowest BCUT2D eigenvalue weighted by Crippen LogP contribution is -2.53. The average molecular weight is 415 g/mol. The van der Waals surface area contributed by atoms with E-state index in [-0.39, 0.29) is 15.6 Å². The Hall–Kier alpha value is -1.69. The van der Waals surface area contributed by atoms with Crippen molar-refractivity contribution in [2.75, 3.05) is 5.32 Å². The molecular weight excluding hydrogens is 392 g/mol. The smallest absolute Gasteiger partial charge is 0.225 e. The molecule has 2 unspecified atom stereocenters. The highest BCUT2D eigenvalue weighted by Crippen LogP contribution is 2.65. The lowest BCUT2D eigenvalue weighted by Gasteiger charge is -2.60. The largest absolute Gasteiger partial charge is 0.323 e. The zero-order chi connectivity index (χ0) is 17.8. The van der Waals surface area contributed by atoms with E-state index in [4.69, 9.17) is 0 Å². The minimum Gasteiger partial charge on any atom is -0.323 e. The Bertz CT molecular complexity index is 820. The highest BCUT2D eigenvalue weighted by Gasteiger charge is 2.57. The van der Waals surface area contributed by atoms with E-state index in [2.05, 4.69) is 31.3 Å². The highest BCUT2D eigenvalue weighted by molar-refractivity contribution is 9.10. The summed E-state index contributed by atoms with van der Waals surface area (Å²) in [6.07, 6.45) is 13.4. The molecule has 4 bridgehead atoms. The fourth-order valence-corrected chi connectivity index (χ4v) is 7.66. The van der Waals surface area contributed by atoms with Crippen LogP contribution in [0.1, 0.15) is 44.9 Å². The van der Waals surface area contributed by atoms with Crippen molar-refractivity contribution in [1.29, 1.82) is 0 Å². The molecule has 1 amide bonds. The summed E-state index contributed by atoms with van der Waals surface area (Å²) in [5, 5.41) is 7.35. The highest BCUT2D eigenvalue weighted by atomic mass is 79.9. The van der Waals surface area contributed by atoms with Crippen LogP contribution in [-0.2, 0) is 4.79 Å². The Morgan fingerprint density at radius 3 is 2.73 bits per heavy atom. The zero-order valence-corrected chi connectivity index (χ0v) is 16.3. The number of hydrogen-bond donors (Lipinski definition) is 1. The molecule has 2 aromatic rings. The summed E-state index contributed by atoms with van der Waals surface area (Å²) in [7, 11) is 0. The number of carbonyl (C=O) groups is 1. The van der Waals surface area contributed by atoms with Gasteiger partial charge in [0.25, 0.3) is 0 Å². The number of hydrogen-bond acceptors (Lipinski definition) is 3. The summed E-state index contributed by atoms with van der Waals surface area (Å²) in [4.78, 5) is 17.3. The van der Waals surface area contributed by atoms with E-state index in [1.807, 2.05) is 24.4 Å². The molecule has 136 valence electrons. The maximum atomic E-state index is 12.9. The number of aromatic nitrogens is 3. The summed E-state index contributed by atoms with van der Waals surface area (Å²) < 4.78 is 1.97. The van der Waals surface area contributed by atoms with Gasteiger partial charge in [0.1, 0.15) is 0 Å². The molecule has 0 aliphatic heterocycles. The lowest BCUT2D eigenvalue weighted by molar-refractivity contribution is -0.123. The molecule has 0 spiro atoms. The van der Waals surface area contributed by atoms with E-state index in [0.717, 1.165) is 23.9 Å². The van der Waals surface area contributed by atoms with Gasteiger partial charge in [-0.1, -0.05) is 15.9 Å². The van der Waals surface area contributed by atoms with Gasteiger partial charge in [0.15, 0.2) is 5.82 Å². The summed E-state index contributed by atoms with van der Waals surface area (Å²) in [5.41, 5.74) is 0.894. The van der Waals surface area contributed by atoms with Crippen molar-refractivity contribution in [3.63, 3.8) is 0 Å². The predicted molar refractivity (Wildman–Crippen MR) is 103 cm³/mol. The van der Waals surface area contributed by atoms with Gasteiger partial charge < -0.3 is 5.32 Å². The lowest BCUT2D eigenvalue weighted by atomic mass is 9.48. The van der Waals surface area contributed by atoms with Gasteiger partial charge in [0.2, 0.25) is 5.91 Å². The second kappa shape index (κ2) is 5.91. The van der Waals surface area contributed by atoms with Crippen molar-refractivity contribution < 1.29 is 4.79 Å². The molecule has 2 aromatic heterocycles. The van der Waals surface area contributed by atoms with Crippen LogP contribution in [0.15, 0.2) is 36.8 Å². The molecular formula is C20H23BrN4O. The molecule has 2 atom stereocenters. The number of pyridine rings is 1. The van der Waals surface area contributed by atoms with Crippen LogP contribution in [0.25, 0.3) is 5.82 Å². The summed E-state index contributed by atoms with van der Waals surface area (Å²) >= 11 is 4.03. The van der Waals surface area contributed by atoms with Crippen molar-refractivity contribution in [1.82, 2.24) is 14.8 Å². The van der Waals surface area contributed by atoms with Gasteiger partial charge in [-0.25, -0.2) is 9.67 Å². The Kier molecular flexibility index (Phi) is 3.75. The predicted octanol–water partition coefficient (Wildman–Crippen LogP) is 4.33. The number of rotatable bonds is 4. The Labute approximate surface area is 161 Å². The van der Waals surface area contributed by atoms with E-state index < -0.39 is 0 Å². The molecule has 4 fully saturated rings. The van der Waals surface area contributed by atoms with E-state index >= 15 is 0 Å². The van der Waals surface area contributed by atoms with Gasteiger partial charge in [0, 0.05) is 29.3 Å². The van der Waals surface area contributed by atoms with Gasteiger partial charge in [0.05, 0.1) is 5.69 Å². The quantitative estimate of drug-likeness (QED) is 0.757. The number of anilines is 1. The molecule has 5 nitrogen and oxygen atoms in total. The molecule has 4 saturated carbocycles. The monoisotopic (exact) mass is 414 g/mol. The molecule has 4 aliphatic carbocycles. The van der Waals surface area contributed by atoms with Crippen LogP contribution in [0.4, 0.5) is 5.69 Å². The third-order valence-corrected chi connectivity index (χ3v) is 7.36. The number of carbonyl (C=O) groups excluding carboxylic acids is 1. The first-order valence-electron chi connectivity index (χ1n) is 9.46. The van der Waals surface area contributed by atoms with Crippen molar-refractivity contribution in [2.24, 2.45) is 17.3 Å². The first-order valence-corrected chi connectivity index (χ1v) is 10.3. The molecule has 2 heterocycles. The van der Waals surface area contributed by atoms with Crippen molar-refractivity contribution in [3.05, 3.63) is 36.8 Å². The Morgan fingerprint density at radius 1 is 1.23 bits per heavy atom. The SMILES string of the molecule is O=C(CC12CC3CC(CC(Br)(C3)C1)C2)Nc1cccnc1-n1cccn1. The summed E-state index contributed by atoms with van der Waals surface area (Å²) in [6.45, 7) is 0. The standard InChI is InChI=1S/C20H23BrN4O/c21-20-10-14-7-15(11-20)9-19(8-14,13-20)12-17(26)24-16-3-1-4-22-18(16)25-6-2-5-23-25/h1-6,14-15H,7-13H2,(H,24,26). The molecule has 4 aliphatic rings. The maximum Gasteiger partial charge on any atom is 0.225 e. The molecule has 6 heteroatoms. The molecule has 1 N–H and O–H groups in total. The fraction of sp³-hybridized carbons (Fsp3) is 0.550. The van der Waals surface area contributed by atoms with E-state index in [0.29, 0.717) is 12.2 Å². The topological polar surface area (TPSA) is 59.8 Å². The number of halogens is 1. The Balaban J connectivity index is 1.35. The minimum atomic E-state index is 0.101. The van der Waals surface area contributed by atoms with Crippen LogP contribution in [0.5, 0.6) is 0 Å². The number of amides is 1.